The number of pyridine rings is 1. The van der Waals surface area contributed by atoms with Gasteiger partial charge < -0.3 is 11.5 Å². The Balaban J connectivity index is 0.00000166. The molecule has 3 aromatic rings. The van der Waals surface area contributed by atoms with Crippen molar-refractivity contribution in [2.75, 3.05) is 6.54 Å². The zero-order valence-electron chi connectivity index (χ0n) is 17.5. The van der Waals surface area contributed by atoms with Crippen molar-refractivity contribution in [3.63, 3.8) is 0 Å². The third-order valence-corrected chi connectivity index (χ3v) is 6.72. The summed E-state index contributed by atoms with van der Waals surface area (Å²) in [5.74, 6) is 0.00450. The average Bonchev–Trinajstić information content (AvgIpc) is 2.75. The summed E-state index contributed by atoms with van der Waals surface area (Å²) in [6.45, 7) is 6.24. The number of fused-ring (bicyclic) bond motifs is 1. The van der Waals surface area contributed by atoms with Gasteiger partial charge in [-0.05, 0) is 29.8 Å². The molecule has 0 unspecified atom stereocenters. The van der Waals surface area contributed by atoms with Crippen LogP contribution >= 0.6 is 23.2 Å². The second-order valence-corrected chi connectivity index (χ2v) is 9.02. The minimum absolute atomic E-state index is 0.0880. The van der Waals surface area contributed by atoms with Crippen molar-refractivity contribution in [3.8, 4) is 0 Å². The third-order valence-electron chi connectivity index (χ3n) is 4.26. The van der Waals surface area contributed by atoms with E-state index in [-0.39, 0.29) is 29.8 Å². The van der Waals surface area contributed by atoms with E-state index in [4.69, 9.17) is 34.7 Å². The molecule has 31 heavy (non-hydrogen) atoms. The van der Waals surface area contributed by atoms with Crippen molar-refractivity contribution < 1.29 is 8.42 Å². The van der Waals surface area contributed by atoms with E-state index in [0.717, 1.165) is 5.56 Å². The van der Waals surface area contributed by atoms with Crippen LogP contribution in [0.25, 0.3) is 10.8 Å². The molecular weight excluding hydrogens is 457 g/mol. The van der Waals surface area contributed by atoms with Crippen molar-refractivity contribution in [2.45, 2.75) is 32.2 Å². The van der Waals surface area contributed by atoms with Crippen LogP contribution in [-0.4, -0.2) is 30.2 Å². The summed E-state index contributed by atoms with van der Waals surface area (Å²) >= 11 is 12.2. The Kier molecular flexibility index (Phi) is 8.64. The van der Waals surface area contributed by atoms with Gasteiger partial charge in [0.05, 0.1) is 9.92 Å². The molecule has 7 nitrogen and oxygen atoms in total. The summed E-state index contributed by atoms with van der Waals surface area (Å²) in [6.07, 6.45) is 1.41. The lowest BCUT2D eigenvalue weighted by Gasteiger charge is -2.21. The van der Waals surface area contributed by atoms with Crippen LogP contribution < -0.4 is 11.5 Å². The van der Waals surface area contributed by atoms with Crippen LogP contribution in [0, 0.1) is 0 Å². The molecule has 3 rings (SSSR count). The highest BCUT2D eigenvalue weighted by atomic mass is 35.5. The summed E-state index contributed by atoms with van der Waals surface area (Å²) < 4.78 is 27.9. The number of nitrogens with zero attached hydrogens (tertiary/aromatic N) is 3. The zero-order chi connectivity index (χ0) is 23.2. The Morgan fingerprint density at radius 3 is 2.42 bits per heavy atom. The van der Waals surface area contributed by atoms with E-state index >= 15 is 0 Å². The molecule has 0 bridgehead atoms. The quantitative estimate of drug-likeness (QED) is 0.391. The SMILES string of the molecule is CC.CCN(Cc1cccc(Cl)c1)S(=O)(=O)c1ccc2c(Cl)cnc(N=C(N)N)c2c1. The Bertz CT molecular complexity index is 1200. The van der Waals surface area contributed by atoms with Gasteiger partial charge in [0.2, 0.25) is 10.0 Å². The number of hydrogen-bond donors (Lipinski definition) is 2. The molecule has 1 heterocycles. The first-order valence-electron chi connectivity index (χ1n) is 9.65. The van der Waals surface area contributed by atoms with Crippen LogP contribution in [0.3, 0.4) is 0 Å². The summed E-state index contributed by atoms with van der Waals surface area (Å²) in [7, 11) is -3.80. The first-order chi connectivity index (χ1) is 14.7. The minimum Gasteiger partial charge on any atom is -0.370 e. The van der Waals surface area contributed by atoms with Crippen molar-refractivity contribution >= 4 is 55.8 Å². The molecule has 10 heteroatoms. The highest BCUT2D eigenvalue weighted by Gasteiger charge is 2.24. The van der Waals surface area contributed by atoms with Gasteiger partial charge in [-0.2, -0.15) is 9.30 Å². The topological polar surface area (TPSA) is 115 Å². The normalized spacial score (nSPS) is 11.2. The van der Waals surface area contributed by atoms with E-state index in [1.54, 1.807) is 31.2 Å². The number of hydrogen-bond acceptors (Lipinski definition) is 4. The van der Waals surface area contributed by atoms with Gasteiger partial charge in [0.15, 0.2) is 11.8 Å². The van der Waals surface area contributed by atoms with Gasteiger partial charge in [-0.15, -0.1) is 0 Å². The van der Waals surface area contributed by atoms with Gasteiger partial charge in [0.25, 0.3) is 0 Å². The molecule has 0 aliphatic carbocycles. The summed E-state index contributed by atoms with van der Waals surface area (Å²) in [6, 6.07) is 11.7. The van der Waals surface area contributed by atoms with E-state index in [2.05, 4.69) is 9.98 Å². The number of sulfonamides is 1. The highest BCUT2D eigenvalue weighted by Crippen LogP contribution is 2.32. The van der Waals surface area contributed by atoms with Crippen LogP contribution in [-0.2, 0) is 16.6 Å². The van der Waals surface area contributed by atoms with E-state index < -0.39 is 10.0 Å². The number of rotatable bonds is 6. The smallest absolute Gasteiger partial charge is 0.243 e. The molecule has 0 spiro atoms. The Labute approximate surface area is 192 Å². The number of aromatic nitrogens is 1. The number of nitrogens with two attached hydrogens (primary N) is 2. The fourth-order valence-corrected chi connectivity index (χ4v) is 4.79. The predicted octanol–water partition coefficient (Wildman–Crippen LogP) is 4.68. The number of halogens is 2. The lowest BCUT2D eigenvalue weighted by atomic mass is 10.1. The van der Waals surface area contributed by atoms with Crippen molar-refractivity contribution in [1.29, 1.82) is 0 Å². The summed E-state index contributed by atoms with van der Waals surface area (Å²) in [5, 5.41) is 1.94. The molecule has 2 aromatic carbocycles. The fourth-order valence-electron chi connectivity index (χ4n) is 2.90. The molecule has 0 saturated heterocycles. The lowest BCUT2D eigenvalue weighted by molar-refractivity contribution is 0.423. The Morgan fingerprint density at radius 2 is 1.81 bits per heavy atom. The molecule has 0 aliphatic rings. The van der Waals surface area contributed by atoms with E-state index in [1.807, 2.05) is 19.9 Å². The van der Waals surface area contributed by atoms with Gasteiger partial charge in [-0.3, -0.25) is 0 Å². The first-order valence-corrected chi connectivity index (χ1v) is 11.8. The van der Waals surface area contributed by atoms with Crippen molar-refractivity contribution in [2.24, 2.45) is 16.5 Å². The molecule has 166 valence electrons. The molecule has 0 fully saturated rings. The number of benzene rings is 2. The van der Waals surface area contributed by atoms with Gasteiger partial charge >= 0.3 is 0 Å². The van der Waals surface area contributed by atoms with Crippen LogP contribution in [0.2, 0.25) is 10.0 Å². The van der Waals surface area contributed by atoms with E-state index in [9.17, 15) is 8.42 Å². The fraction of sp³-hybridized carbons (Fsp3) is 0.238. The Morgan fingerprint density at radius 1 is 1.10 bits per heavy atom. The molecule has 0 amide bonds. The number of aliphatic imine (C=N–C) groups is 1. The maximum atomic E-state index is 13.3. The molecule has 0 radical (unpaired) electrons. The van der Waals surface area contributed by atoms with Gasteiger partial charge in [-0.25, -0.2) is 13.4 Å². The van der Waals surface area contributed by atoms with Crippen LogP contribution in [0.1, 0.15) is 26.3 Å². The van der Waals surface area contributed by atoms with Gasteiger partial charge in [0, 0.05) is 35.1 Å². The van der Waals surface area contributed by atoms with Crippen LogP contribution in [0.5, 0.6) is 0 Å². The predicted molar refractivity (Wildman–Crippen MR) is 128 cm³/mol. The second kappa shape index (κ2) is 10.8. The molecule has 0 saturated carbocycles. The van der Waals surface area contributed by atoms with Crippen LogP contribution in [0.15, 0.2) is 58.5 Å². The maximum Gasteiger partial charge on any atom is 0.243 e. The average molecular weight is 482 g/mol. The molecule has 1 aromatic heterocycles. The van der Waals surface area contributed by atoms with Crippen molar-refractivity contribution in [3.05, 3.63) is 64.3 Å². The maximum absolute atomic E-state index is 13.3. The third kappa shape index (κ3) is 5.86. The molecule has 4 N–H and O–H groups in total. The van der Waals surface area contributed by atoms with E-state index in [0.29, 0.717) is 20.8 Å². The van der Waals surface area contributed by atoms with Crippen molar-refractivity contribution in [1.82, 2.24) is 9.29 Å². The molecular formula is C21H25Cl2N5O2S. The summed E-state index contributed by atoms with van der Waals surface area (Å²) in [4.78, 5) is 8.17. The number of guanidine groups is 1. The largest absolute Gasteiger partial charge is 0.370 e. The van der Waals surface area contributed by atoms with Gasteiger partial charge in [-0.1, -0.05) is 62.2 Å². The van der Waals surface area contributed by atoms with Crippen LogP contribution in [0.4, 0.5) is 5.82 Å². The van der Waals surface area contributed by atoms with Gasteiger partial charge in [0.1, 0.15) is 0 Å². The minimum atomic E-state index is -3.80. The highest BCUT2D eigenvalue weighted by molar-refractivity contribution is 7.89. The molecule has 0 atom stereocenters. The summed E-state index contributed by atoms with van der Waals surface area (Å²) in [5.41, 5.74) is 11.7. The molecule has 0 aliphatic heterocycles. The van der Waals surface area contributed by atoms with E-state index in [1.165, 1.54) is 22.6 Å². The monoisotopic (exact) mass is 481 g/mol. The Hall–Kier alpha value is -2.39. The lowest BCUT2D eigenvalue weighted by Crippen LogP contribution is -2.30. The second-order valence-electron chi connectivity index (χ2n) is 6.23. The standard InChI is InChI=1S/C19H19Cl2N5O2S.C2H6/c1-2-26(11-12-4-3-5-13(20)8-12)29(27,28)14-6-7-15-16(9-14)18(25-19(22)23)24-10-17(15)21;1-2/h3-10H,2,11H2,1H3,(H4,22,23,24,25);1-2H3. The first kappa shape index (κ1) is 24.9. The zero-order valence-corrected chi connectivity index (χ0v) is 19.8.